The molecule has 1 fully saturated rings. The molecule has 104 valence electrons. The van der Waals surface area contributed by atoms with E-state index in [0.717, 1.165) is 24.6 Å². The van der Waals surface area contributed by atoms with E-state index in [1.165, 1.54) is 6.07 Å². The highest BCUT2D eigenvalue weighted by Gasteiger charge is 2.45. The van der Waals surface area contributed by atoms with Crippen molar-refractivity contribution in [1.82, 2.24) is 4.90 Å². The van der Waals surface area contributed by atoms with Crippen LogP contribution in [0, 0.1) is 23.5 Å². The van der Waals surface area contributed by atoms with Gasteiger partial charge < -0.3 is 4.90 Å². The van der Waals surface area contributed by atoms with Gasteiger partial charge in [0, 0.05) is 19.5 Å². The maximum atomic E-state index is 13.2. The van der Waals surface area contributed by atoms with Gasteiger partial charge in [-0.15, -0.1) is 0 Å². The number of benzene rings is 1. The number of carbonyl (C=O) groups excluding carboxylic acids is 1. The van der Waals surface area contributed by atoms with E-state index in [4.69, 9.17) is 0 Å². The van der Waals surface area contributed by atoms with Crippen LogP contribution in [-0.4, -0.2) is 24.4 Å². The Morgan fingerprint density at radius 1 is 1.37 bits per heavy atom. The van der Waals surface area contributed by atoms with Crippen LogP contribution in [0.5, 0.6) is 0 Å². The molecule has 0 heterocycles. The van der Waals surface area contributed by atoms with Gasteiger partial charge in [-0.05, 0) is 36.0 Å². The van der Waals surface area contributed by atoms with Crippen LogP contribution in [0.4, 0.5) is 8.78 Å². The van der Waals surface area contributed by atoms with Gasteiger partial charge in [0.05, 0.1) is 0 Å². The predicted octanol–water partition coefficient (Wildman–Crippen LogP) is 3.18. The van der Waals surface area contributed by atoms with Crippen LogP contribution < -0.4 is 0 Å². The fourth-order valence-corrected chi connectivity index (χ4v) is 2.50. The largest absolute Gasteiger partial charge is 0.345 e. The first-order valence-electron chi connectivity index (χ1n) is 6.60. The summed E-state index contributed by atoms with van der Waals surface area (Å²) in [7, 11) is 1.79. The Balaban J connectivity index is 2.00. The van der Waals surface area contributed by atoms with Crippen molar-refractivity contribution in [3.8, 4) is 0 Å². The van der Waals surface area contributed by atoms with Gasteiger partial charge in [-0.3, -0.25) is 4.79 Å². The van der Waals surface area contributed by atoms with Gasteiger partial charge >= 0.3 is 0 Å². The van der Waals surface area contributed by atoms with Crippen LogP contribution in [0.1, 0.15) is 31.7 Å². The summed E-state index contributed by atoms with van der Waals surface area (Å²) in [4.78, 5) is 13.9. The van der Waals surface area contributed by atoms with Crippen molar-refractivity contribution in [2.75, 3.05) is 13.6 Å². The highest BCUT2D eigenvalue weighted by molar-refractivity contribution is 5.82. The first-order valence-corrected chi connectivity index (χ1v) is 6.60. The summed E-state index contributed by atoms with van der Waals surface area (Å²) in [5, 5.41) is 0. The van der Waals surface area contributed by atoms with Crippen molar-refractivity contribution in [2.45, 2.75) is 26.2 Å². The number of halogens is 2. The number of hydrogen-bond donors (Lipinski definition) is 0. The summed E-state index contributed by atoms with van der Waals surface area (Å²) >= 11 is 0. The maximum Gasteiger partial charge on any atom is 0.226 e. The Hall–Kier alpha value is -1.45. The van der Waals surface area contributed by atoms with Crippen LogP contribution in [-0.2, 0) is 4.79 Å². The van der Waals surface area contributed by atoms with Crippen LogP contribution in [0.15, 0.2) is 18.2 Å². The molecule has 0 radical (unpaired) electrons. The standard InChI is InChI=1S/C15H19F2NO/c1-9(2)8-18(3)15(19)12-7-11(12)10-4-5-13(16)14(17)6-10/h4-6,9,11-12H,7-8H2,1-3H3. The summed E-state index contributed by atoms with van der Waals surface area (Å²) in [6.07, 6.45) is 0.729. The molecule has 0 aliphatic heterocycles. The number of carbonyl (C=O) groups is 1. The molecule has 1 aliphatic carbocycles. The number of hydrogen-bond acceptors (Lipinski definition) is 1. The monoisotopic (exact) mass is 267 g/mol. The lowest BCUT2D eigenvalue weighted by atomic mass is 10.1. The second-order valence-electron chi connectivity index (χ2n) is 5.73. The van der Waals surface area contributed by atoms with Crippen LogP contribution in [0.2, 0.25) is 0 Å². The zero-order chi connectivity index (χ0) is 14.2. The predicted molar refractivity (Wildman–Crippen MR) is 69.7 cm³/mol. The molecule has 2 atom stereocenters. The molecule has 4 heteroatoms. The fraction of sp³-hybridized carbons (Fsp3) is 0.533. The first-order chi connectivity index (χ1) is 8.90. The average molecular weight is 267 g/mol. The van der Waals surface area contributed by atoms with Gasteiger partial charge in [-0.2, -0.15) is 0 Å². The van der Waals surface area contributed by atoms with Gasteiger partial charge in [-0.25, -0.2) is 8.78 Å². The quantitative estimate of drug-likeness (QED) is 0.820. The number of amides is 1. The highest BCUT2D eigenvalue weighted by Crippen LogP contribution is 2.48. The molecule has 1 aromatic carbocycles. The third-order valence-electron chi connectivity index (χ3n) is 3.49. The van der Waals surface area contributed by atoms with E-state index >= 15 is 0 Å². The molecular weight excluding hydrogens is 248 g/mol. The lowest BCUT2D eigenvalue weighted by Gasteiger charge is -2.19. The van der Waals surface area contributed by atoms with E-state index in [1.807, 2.05) is 0 Å². The molecule has 1 saturated carbocycles. The second-order valence-corrected chi connectivity index (χ2v) is 5.73. The Morgan fingerprint density at radius 2 is 2.05 bits per heavy atom. The third kappa shape index (κ3) is 3.11. The van der Waals surface area contributed by atoms with Crippen molar-refractivity contribution in [2.24, 2.45) is 11.8 Å². The molecule has 0 bridgehead atoms. The maximum absolute atomic E-state index is 13.2. The van der Waals surface area contributed by atoms with Crippen LogP contribution in [0.3, 0.4) is 0 Å². The molecule has 2 unspecified atom stereocenters. The topological polar surface area (TPSA) is 20.3 Å². The smallest absolute Gasteiger partial charge is 0.226 e. The molecule has 1 aliphatic rings. The number of nitrogens with zero attached hydrogens (tertiary/aromatic N) is 1. The molecule has 0 spiro atoms. The van der Waals surface area contributed by atoms with Gasteiger partial charge in [0.2, 0.25) is 5.91 Å². The minimum absolute atomic E-state index is 0.0391. The first kappa shape index (κ1) is 14.0. The Kier molecular flexibility index (Phi) is 3.88. The molecule has 19 heavy (non-hydrogen) atoms. The molecule has 0 saturated heterocycles. The molecule has 2 rings (SSSR count). The fourth-order valence-electron chi connectivity index (χ4n) is 2.50. The van der Waals surface area contributed by atoms with Gasteiger partial charge in [-0.1, -0.05) is 19.9 Å². The summed E-state index contributed by atoms with van der Waals surface area (Å²) in [5.74, 6) is -1.20. The van der Waals surface area contributed by atoms with Crippen LogP contribution >= 0.6 is 0 Å². The molecule has 0 aromatic heterocycles. The SMILES string of the molecule is CC(C)CN(C)C(=O)C1CC1c1ccc(F)c(F)c1. The molecule has 1 aromatic rings. The minimum Gasteiger partial charge on any atom is -0.345 e. The molecule has 2 nitrogen and oxygen atoms in total. The zero-order valence-electron chi connectivity index (χ0n) is 11.5. The van der Waals surface area contributed by atoms with E-state index in [1.54, 1.807) is 18.0 Å². The van der Waals surface area contributed by atoms with Crippen LogP contribution in [0.25, 0.3) is 0 Å². The average Bonchev–Trinajstić information content (AvgIpc) is 3.11. The Bertz CT molecular complexity index is 487. The molecule has 1 amide bonds. The number of rotatable bonds is 4. The molecular formula is C15H19F2NO. The van der Waals surface area contributed by atoms with E-state index in [9.17, 15) is 13.6 Å². The van der Waals surface area contributed by atoms with E-state index in [-0.39, 0.29) is 17.7 Å². The lowest BCUT2D eigenvalue weighted by Crippen LogP contribution is -2.31. The summed E-state index contributed by atoms with van der Waals surface area (Å²) < 4.78 is 26.0. The Morgan fingerprint density at radius 3 is 2.63 bits per heavy atom. The van der Waals surface area contributed by atoms with Crippen molar-refractivity contribution >= 4 is 5.91 Å². The van der Waals surface area contributed by atoms with Crippen molar-refractivity contribution < 1.29 is 13.6 Å². The zero-order valence-corrected chi connectivity index (χ0v) is 11.5. The van der Waals surface area contributed by atoms with Gasteiger partial charge in [0.15, 0.2) is 11.6 Å². The Labute approximate surface area is 112 Å². The van der Waals surface area contributed by atoms with E-state index in [2.05, 4.69) is 13.8 Å². The summed E-state index contributed by atoms with van der Waals surface area (Å²) in [6.45, 7) is 4.84. The van der Waals surface area contributed by atoms with Crippen molar-refractivity contribution in [3.63, 3.8) is 0 Å². The minimum atomic E-state index is -0.843. The van der Waals surface area contributed by atoms with E-state index in [0.29, 0.717) is 5.92 Å². The van der Waals surface area contributed by atoms with E-state index < -0.39 is 11.6 Å². The highest BCUT2D eigenvalue weighted by atomic mass is 19.2. The van der Waals surface area contributed by atoms with Crippen molar-refractivity contribution in [1.29, 1.82) is 0 Å². The lowest BCUT2D eigenvalue weighted by molar-refractivity contribution is -0.131. The normalized spacial score (nSPS) is 21.6. The summed E-state index contributed by atoms with van der Waals surface area (Å²) in [6, 6.07) is 3.90. The summed E-state index contributed by atoms with van der Waals surface area (Å²) in [5.41, 5.74) is 0.718. The van der Waals surface area contributed by atoms with Gasteiger partial charge in [0.1, 0.15) is 0 Å². The van der Waals surface area contributed by atoms with Crippen molar-refractivity contribution in [3.05, 3.63) is 35.4 Å². The molecule has 0 N–H and O–H groups in total. The third-order valence-corrected chi connectivity index (χ3v) is 3.49. The van der Waals surface area contributed by atoms with Gasteiger partial charge in [0.25, 0.3) is 0 Å². The second kappa shape index (κ2) is 5.27.